The smallest absolute Gasteiger partial charge is 0.229 e. The summed E-state index contributed by atoms with van der Waals surface area (Å²) < 4.78 is 2.15. The van der Waals surface area contributed by atoms with E-state index in [1.54, 1.807) is 0 Å². The van der Waals surface area contributed by atoms with Gasteiger partial charge in [0.05, 0.1) is 12.5 Å². The third-order valence-corrected chi connectivity index (χ3v) is 5.31. The van der Waals surface area contributed by atoms with Gasteiger partial charge in [-0.3, -0.25) is 4.79 Å². The summed E-state index contributed by atoms with van der Waals surface area (Å²) in [6, 6.07) is 20.7. The largest absolute Gasteiger partial charge is 0.346 e. The molecular weight excluding hydrogens is 320 g/mol. The van der Waals surface area contributed by atoms with Crippen LogP contribution < -0.4 is 4.90 Å². The van der Waals surface area contributed by atoms with Crippen molar-refractivity contribution in [3.05, 3.63) is 89.7 Å². The van der Waals surface area contributed by atoms with Crippen molar-refractivity contribution in [1.82, 2.24) is 4.57 Å². The van der Waals surface area contributed by atoms with Gasteiger partial charge in [-0.25, -0.2) is 0 Å². The Morgan fingerprint density at radius 3 is 2.54 bits per heavy atom. The molecule has 3 aromatic rings. The Kier molecular flexibility index (Phi) is 4.61. The second kappa shape index (κ2) is 7.20. The highest BCUT2D eigenvalue weighted by molar-refractivity contribution is 5.95. The Labute approximate surface area is 154 Å². The van der Waals surface area contributed by atoms with E-state index >= 15 is 0 Å². The Morgan fingerprint density at radius 2 is 1.73 bits per heavy atom. The van der Waals surface area contributed by atoms with Crippen molar-refractivity contribution in [2.24, 2.45) is 0 Å². The molecule has 1 aromatic heterocycles. The number of amides is 1. The third-order valence-electron chi connectivity index (χ3n) is 5.31. The van der Waals surface area contributed by atoms with Gasteiger partial charge in [0, 0.05) is 24.6 Å². The molecular formula is C23H24N2O. The van der Waals surface area contributed by atoms with E-state index in [2.05, 4.69) is 60.3 Å². The SMILES string of the molecule is Cc1ccccc1[C@H](CC(=O)N1CCCc2ccccc21)n1cccc1. The molecule has 1 atom stereocenters. The lowest BCUT2D eigenvalue weighted by Crippen LogP contribution is -2.36. The van der Waals surface area contributed by atoms with Crippen LogP contribution in [0.4, 0.5) is 5.69 Å². The van der Waals surface area contributed by atoms with Crippen molar-refractivity contribution in [1.29, 1.82) is 0 Å². The zero-order valence-electron chi connectivity index (χ0n) is 15.1. The highest BCUT2D eigenvalue weighted by Crippen LogP contribution is 2.31. The predicted octanol–water partition coefficient (Wildman–Crippen LogP) is 4.76. The van der Waals surface area contributed by atoms with Crippen LogP contribution in [0.1, 0.15) is 35.6 Å². The molecule has 4 rings (SSSR count). The molecule has 1 amide bonds. The van der Waals surface area contributed by atoms with Crippen LogP contribution in [0.3, 0.4) is 0 Å². The van der Waals surface area contributed by atoms with Gasteiger partial charge in [0.1, 0.15) is 0 Å². The molecule has 132 valence electrons. The zero-order valence-corrected chi connectivity index (χ0v) is 15.1. The van der Waals surface area contributed by atoms with Crippen molar-refractivity contribution in [3.8, 4) is 0 Å². The van der Waals surface area contributed by atoms with Crippen LogP contribution in [0.2, 0.25) is 0 Å². The number of benzene rings is 2. The molecule has 26 heavy (non-hydrogen) atoms. The van der Waals surface area contributed by atoms with Gasteiger partial charge in [0.2, 0.25) is 5.91 Å². The number of fused-ring (bicyclic) bond motifs is 1. The number of hydrogen-bond acceptors (Lipinski definition) is 1. The lowest BCUT2D eigenvalue weighted by molar-refractivity contribution is -0.119. The number of aromatic nitrogens is 1. The van der Waals surface area contributed by atoms with Crippen LogP contribution in [0, 0.1) is 6.92 Å². The maximum atomic E-state index is 13.3. The summed E-state index contributed by atoms with van der Waals surface area (Å²) in [7, 11) is 0. The molecule has 2 heterocycles. The second-order valence-electron chi connectivity index (χ2n) is 6.98. The molecule has 0 spiro atoms. The van der Waals surface area contributed by atoms with Crippen molar-refractivity contribution in [3.63, 3.8) is 0 Å². The number of aryl methyl sites for hydroxylation is 2. The second-order valence-corrected chi connectivity index (χ2v) is 6.98. The number of rotatable bonds is 4. The fourth-order valence-corrected chi connectivity index (χ4v) is 3.96. The minimum Gasteiger partial charge on any atom is -0.346 e. The molecule has 0 bridgehead atoms. The summed E-state index contributed by atoms with van der Waals surface area (Å²) in [4.78, 5) is 15.2. The molecule has 2 aromatic carbocycles. The Morgan fingerprint density at radius 1 is 1.00 bits per heavy atom. The third kappa shape index (κ3) is 3.17. The van der Waals surface area contributed by atoms with E-state index in [-0.39, 0.29) is 11.9 Å². The van der Waals surface area contributed by atoms with E-state index in [1.165, 1.54) is 16.7 Å². The summed E-state index contributed by atoms with van der Waals surface area (Å²) >= 11 is 0. The molecule has 1 aliphatic heterocycles. The number of nitrogens with zero attached hydrogens (tertiary/aromatic N) is 2. The van der Waals surface area contributed by atoms with Gasteiger partial charge in [-0.1, -0.05) is 42.5 Å². The quantitative estimate of drug-likeness (QED) is 0.670. The van der Waals surface area contributed by atoms with Crippen molar-refractivity contribution in [2.75, 3.05) is 11.4 Å². The van der Waals surface area contributed by atoms with E-state index in [1.807, 2.05) is 29.2 Å². The van der Waals surface area contributed by atoms with Gasteiger partial charge in [0.25, 0.3) is 0 Å². The lowest BCUT2D eigenvalue weighted by atomic mass is 9.96. The molecule has 0 radical (unpaired) electrons. The number of para-hydroxylation sites is 1. The van der Waals surface area contributed by atoms with Crippen LogP contribution in [-0.4, -0.2) is 17.0 Å². The summed E-state index contributed by atoms with van der Waals surface area (Å²) in [5.74, 6) is 0.194. The number of carbonyl (C=O) groups excluding carboxylic acids is 1. The highest BCUT2D eigenvalue weighted by Gasteiger charge is 2.26. The first-order chi connectivity index (χ1) is 12.7. The van der Waals surface area contributed by atoms with Gasteiger partial charge in [-0.15, -0.1) is 0 Å². The van der Waals surface area contributed by atoms with Gasteiger partial charge < -0.3 is 9.47 Å². The zero-order chi connectivity index (χ0) is 17.9. The molecule has 1 aliphatic rings. The molecule has 0 N–H and O–H groups in total. The molecule has 0 unspecified atom stereocenters. The minimum atomic E-state index is 0.0211. The molecule has 0 fully saturated rings. The Balaban J connectivity index is 1.65. The van der Waals surface area contributed by atoms with E-state index in [0.29, 0.717) is 6.42 Å². The first kappa shape index (κ1) is 16.6. The first-order valence-electron chi connectivity index (χ1n) is 9.30. The van der Waals surface area contributed by atoms with Crippen molar-refractivity contribution < 1.29 is 4.79 Å². The van der Waals surface area contributed by atoms with Crippen LogP contribution >= 0.6 is 0 Å². The molecule has 0 saturated heterocycles. The lowest BCUT2D eigenvalue weighted by Gasteiger charge is -2.31. The summed E-state index contributed by atoms with van der Waals surface area (Å²) in [6.45, 7) is 2.93. The van der Waals surface area contributed by atoms with Gasteiger partial charge >= 0.3 is 0 Å². The predicted molar refractivity (Wildman–Crippen MR) is 105 cm³/mol. The topological polar surface area (TPSA) is 25.2 Å². The minimum absolute atomic E-state index is 0.0211. The average molecular weight is 344 g/mol. The number of hydrogen-bond donors (Lipinski definition) is 0. The van der Waals surface area contributed by atoms with Crippen molar-refractivity contribution >= 4 is 11.6 Å². The van der Waals surface area contributed by atoms with Gasteiger partial charge in [-0.2, -0.15) is 0 Å². The first-order valence-corrected chi connectivity index (χ1v) is 9.30. The fourth-order valence-electron chi connectivity index (χ4n) is 3.96. The van der Waals surface area contributed by atoms with Gasteiger partial charge in [0.15, 0.2) is 0 Å². The summed E-state index contributed by atoms with van der Waals surface area (Å²) in [5, 5.41) is 0. The van der Waals surface area contributed by atoms with Gasteiger partial charge in [-0.05, 0) is 54.7 Å². The highest BCUT2D eigenvalue weighted by atomic mass is 16.2. The normalized spacial score (nSPS) is 14.7. The maximum Gasteiger partial charge on any atom is 0.229 e. The van der Waals surface area contributed by atoms with E-state index in [9.17, 15) is 4.79 Å². The van der Waals surface area contributed by atoms with Crippen LogP contribution in [-0.2, 0) is 11.2 Å². The molecule has 3 heteroatoms. The maximum absolute atomic E-state index is 13.3. The molecule has 0 aliphatic carbocycles. The molecule has 0 saturated carbocycles. The summed E-state index contributed by atoms with van der Waals surface area (Å²) in [5.41, 5.74) is 4.79. The Hall–Kier alpha value is -2.81. The van der Waals surface area contributed by atoms with Crippen LogP contribution in [0.25, 0.3) is 0 Å². The van der Waals surface area contributed by atoms with E-state index < -0.39 is 0 Å². The number of anilines is 1. The number of carbonyl (C=O) groups is 1. The van der Waals surface area contributed by atoms with Crippen LogP contribution in [0.15, 0.2) is 73.1 Å². The van der Waals surface area contributed by atoms with E-state index in [4.69, 9.17) is 0 Å². The van der Waals surface area contributed by atoms with Crippen molar-refractivity contribution in [2.45, 2.75) is 32.2 Å². The van der Waals surface area contributed by atoms with Crippen LogP contribution in [0.5, 0.6) is 0 Å². The standard InChI is InChI=1S/C23H24N2O/c1-18-9-2-4-12-20(18)22(24-14-6-7-15-24)17-23(26)25-16-8-11-19-10-3-5-13-21(19)25/h2-7,9-10,12-15,22H,8,11,16-17H2,1H3/t22-/m0/s1. The Bertz CT molecular complexity index is 898. The molecule has 3 nitrogen and oxygen atoms in total. The van der Waals surface area contributed by atoms with E-state index in [0.717, 1.165) is 25.1 Å². The summed E-state index contributed by atoms with van der Waals surface area (Å²) in [6.07, 6.45) is 6.65. The monoisotopic (exact) mass is 344 g/mol. The average Bonchev–Trinajstić information content (AvgIpc) is 3.21. The fraction of sp³-hybridized carbons (Fsp3) is 0.261.